The van der Waals surface area contributed by atoms with Gasteiger partial charge in [0.15, 0.2) is 0 Å². The molecule has 0 atom stereocenters. The molecule has 1 heterocycles. The zero-order valence-corrected chi connectivity index (χ0v) is 15.0. The van der Waals surface area contributed by atoms with E-state index in [0.717, 1.165) is 11.1 Å². The molecular formula is C19H23N3O3. The quantitative estimate of drug-likeness (QED) is 0.783. The number of phenols is 1. The maximum atomic E-state index is 11.9. The molecule has 0 bridgehead atoms. The molecule has 0 spiro atoms. The number of aromatic nitrogens is 2. The largest absolute Gasteiger partial charge is 0.508 e. The van der Waals surface area contributed by atoms with Crippen LogP contribution in [0.4, 0.5) is 5.95 Å². The monoisotopic (exact) mass is 341 g/mol. The van der Waals surface area contributed by atoms with Crippen LogP contribution >= 0.6 is 0 Å². The lowest BCUT2D eigenvalue weighted by molar-refractivity contribution is 0.0523. The molecule has 25 heavy (non-hydrogen) atoms. The van der Waals surface area contributed by atoms with Crippen LogP contribution in [0.25, 0.3) is 6.08 Å². The van der Waals surface area contributed by atoms with Crippen LogP contribution in [-0.2, 0) is 4.74 Å². The highest BCUT2D eigenvalue weighted by atomic mass is 16.5. The van der Waals surface area contributed by atoms with Crippen molar-refractivity contribution < 1.29 is 14.6 Å². The number of esters is 1. The first-order chi connectivity index (χ1) is 11.9. The van der Waals surface area contributed by atoms with E-state index < -0.39 is 5.97 Å². The third kappa shape index (κ3) is 4.79. The van der Waals surface area contributed by atoms with Crippen molar-refractivity contribution in [1.82, 2.24) is 9.97 Å². The summed E-state index contributed by atoms with van der Waals surface area (Å²) >= 11 is 0. The first-order valence-corrected chi connectivity index (χ1v) is 8.14. The molecule has 0 aliphatic heterocycles. The molecule has 6 heteroatoms. The number of benzene rings is 1. The summed E-state index contributed by atoms with van der Waals surface area (Å²) in [5.41, 5.74) is 3.34. The summed E-state index contributed by atoms with van der Waals surface area (Å²) in [5, 5.41) is 12.8. The van der Waals surface area contributed by atoms with Gasteiger partial charge in [-0.05, 0) is 44.9 Å². The van der Waals surface area contributed by atoms with E-state index in [2.05, 4.69) is 15.3 Å². The predicted molar refractivity (Wildman–Crippen MR) is 97.8 cm³/mol. The maximum absolute atomic E-state index is 11.9. The van der Waals surface area contributed by atoms with Crippen molar-refractivity contribution in [3.05, 3.63) is 52.4 Å². The molecule has 2 aromatic rings. The van der Waals surface area contributed by atoms with Crippen molar-refractivity contribution in [3.8, 4) is 5.75 Å². The Morgan fingerprint density at radius 2 is 1.92 bits per heavy atom. The predicted octanol–water partition coefficient (Wildman–Crippen LogP) is 3.41. The number of hydrogen-bond donors (Lipinski definition) is 2. The highest BCUT2D eigenvalue weighted by molar-refractivity contribution is 5.91. The Bertz CT molecular complexity index is 777. The Morgan fingerprint density at radius 1 is 1.24 bits per heavy atom. The fraction of sp³-hybridized carbons (Fsp3) is 0.316. The number of ether oxygens (including phenoxy) is 1. The van der Waals surface area contributed by atoms with E-state index in [4.69, 9.17) is 4.74 Å². The van der Waals surface area contributed by atoms with Gasteiger partial charge >= 0.3 is 5.97 Å². The second kappa shape index (κ2) is 8.28. The summed E-state index contributed by atoms with van der Waals surface area (Å²) in [4.78, 5) is 20.5. The second-order valence-electron chi connectivity index (χ2n) is 5.64. The molecule has 132 valence electrons. The number of aryl methyl sites for hydroxylation is 3. The van der Waals surface area contributed by atoms with Crippen molar-refractivity contribution in [1.29, 1.82) is 0 Å². The van der Waals surface area contributed by atoms with Crippen LogP contribution in [0.2, 0.25) is 0 Å². The maximum Gasteiger partial charge on any atom is 0.341 e. The van der Waals surface area contributed by atoms with Gasteiger partial charge in [-0.15, -0.1) is 0 Å². The Kier molecular flexibility index (Phi) is 6.11. The van der Waals surface area contributed by atoms with E-state index in [1.807, 2.05) is 31.2 Å². The minimum atomic E-state index is -0.400. The molecule has 0 unspecified atom stereocenters. The number of hydrogen-bond acceptors (Lipinski definition) is 6. The molecule has 0 amide bonds. The summed E-state index contributed by atoms with van der Waals surface area (Å²) < 4.78 is 5.02. The molecule has 0 fully saturated rings. The fourth-order valence-electron chi connectivity index (χ4n) is 2.37. The Labute approximate surface area is 147 Å². The zero-order chi connectivity index (χ0) is 18.4. The summed E-state index contributed by atoms with van der Waals surface area (Å²) in [6.07, 6.45) is 3.82. The first-order valence-electron chi connectivity index (χ1n) is 8.14. The Balaban J connectivity index is 2.02. The van der Waals surface area contributed by atoms with Gasteiger partial charge in [-0.3, -0.25) is 0 Å². The van der Waals surface area contributed by atoms with Crippen LogP contribution in [-0.4, -0.2) is 34.2 Å². The third-order valence-corrected chi connectivity index (χ3v) is 3.67. The number of carbonyl (C=O) groups excluding carboxylic acids is 1. The van der Waals surface area contributed by atoms with Crippen molar-refractivity contribution >= 4 is 18.0 Å². The highest BCUT2D eigenvalue weighted by Gasteiger charge is 2.16. The van der Waals surface area contributed by atoms with Crippen LogP contribution < -0.4 is 5.32 Å². The molecule has 0 aliphatic carbocycles. The average Bonchev–Trinajstić information content (AvgIpc) is 2.54. The number of aromatic hydroxyl groups is 1. The van der Waals surface area contributed by atoms with Crippen LogP contribution in [0.15, 0.2) is 24.3 Å². The molecule has 1 aromatic carbocycles. The van der Waals surface area contributed by atoms with Crippen LogP contribution in [0.1, 0.15) is 39.8 Å². The molecule has 2 rings (SSSR count). The van der Waals surface area contributed by atoms with Crippen molar-refractivity contribution in [2.45, 2.75) is 27.7 Å². The average molecular weight is 341 g/mol. The van der Waals surface area contributed by atoms with Gasteiger partial charge in [0.05, 0.1) is 18.0 Å². The molecule has 0 aliphatic rings. The Morgan fingerprint density at radius 3 is 2.52 bits per heavy atom. The van der Waals surface area contributed by atoms with Crippen molar-refractivity contribution in [2.75, 3.05) is 18.5 Å². The normalized spacial score (nSPS) is 10.9. The number of anilines is 1. The lowest BCUT2D eigenvalue weighted by Crippen LogP contribution is -2.14. The van der Waals surface area contributed by atoms with Gasteiger partial charge < -0.3 is 15.2 Å². The van der Waals surface area contributed by atoms with E-state index in [1.54, 1.807) is 26.8 Å². The van der Waals surface area contributed by atoms with E-state index >= 15 is 0 Å². The number of nitrogens with zero attached hydrogens (tertiary/aromatic N) is 2. The van der Waals surface area contributed by atoms with Crippen molar-refractivity contribution in [2.24, 2.45) is 0 Å². The Hall–Kier alpha value is -2.89. The molecular weight excluding hydrogens is 318 g/mol. The van der Waals surface area contributed by atoms with Gasteiger partial charge in [-0.25, -0.2) is 14.8 Å². The smallest absolute Gasteiger partial charge is 0.341 e. The number of nitrogens with one attached hydrogen (secondary N) is 1. The van der Waals surface area contributed by atoms with Gasteiger partial charge in [0, 0.05) is 6.54 Å². The fourth-order valence-corrected chi connectivity index (χ4v) is 2.37. The molecule has 0 saturated heterocycles. The van der Waals surface area contributed by atoms with Gasteiger partial charge in [-0.1, -0.05) is 24.3 Å². The number of phenolic OH excluding ortho intramolecular Hbond substituents is 1. The third-order valence-electron chi connectivity index (χ3n) is 3.67. The van der Waals surface area contributed by atoms with Gasteiger partial charge in [-0.2, -0.15) is 0 Å². The molecule has 1 aromatic heterocycles. The molecule has 0 radical (unpaired) electrons. The van der Waals surface area contributed by atoms with E-state index in [9.17, 15) is 9.90 Å². The first kappa shape index (κ1) is 18.4. The van der Waals surface area contributed by atoms with E-state index in [0.29, 0.717) is 36.1 Å². The number of rotatable bonds is 6. The number of carbonyl (C=O) groups is 1. The summed E-state index contributed by atoms with van der Waals surface area (Å²) in [5.74, 6) is 0.335. The minimum absolute atomic E-state index is 0.277. The van der Waals surface area contributed by atoms with E-state index in [1.165, 1.54) is 0 Å². The van der Waals surface area contributed by atoms with Crippen LogP contribution in [0.3, 0.4) is 0 Å². The second-order valence-corrected chi connectivity index (χ2v) is 5.64. The molecule has 0 saturated carbocycles. The van der Waals surface area contributed by atoms with Crippen LogP contribution in [0.5, 0.6) is 5.75 Å². The lowest BCUT2D eigenvalue weighted by Gasteiger charge is -2.10. The van der Waals surface area contributed by atoms with Crippen LogP contribution in [0, 0.1) is 20.8 Å². The lowest BCUT2D eigenvalue weighted by atomic mass is 10.1. The summed E-state index contributed by atoms with van der Waals surface area (Å²) in [6, 6.07) is 5.52. The summed E-state index contributed by atoms with van der Waals surface area (Å²) in [6.45, 7) is 7.98. The standard InChI is InChI=1S/C19H23N3O3/c1-5-25-18(24)17-13(3)21-19(22-14(17)4)20-10-6-7-15-9-8-12(2)16(23)11-15/h6-9,11,23H,5,10H2,1-4H3,(H,20,21,22). The molecule has 2 N–H and O–H groups in total. The van der Waals surface area contributed by atoms with Gasteiger partial charge in [0.2, 0.25) is 5.95 Å². The van der Waals surface area contributed by atoms with Gasteiger partial charge in [0.25, 0.3) is 0 Å². The SMILES string of the molecule is CCOC(=O)c1c(C)nc(NCC=Cc2ccc(C)c(O)c2)nc1C. The molecule has 6 nitrogen and oxygen atoms in total. The zero-order valence-electron chi connectivity index (χ0n) is 15.0. The van der Waals surface area contributed by atoms with Gasteiger partial charge in [0.1, 0.15) is 11.3 Å². The highest BCUT2D eigenvalue weighted by Crippen LogP contribution is 2.18. The van der Waals surface area contributed by atoms with Crippen molar-refractivity contribution in [3.63, 3.8) is 0 Å². The summed E-state index contributed by atoms with van der Waals surface area (Å²) in [7, 11) is 0. The minimum Gasteiger partial charge on any atom is -0.508 e. The van der Waals surface area contributed by atoms with E-state index in [-0.39, 0.29) is 5.75 Å². The topological polar surface area (TPSA) is 84.3 Å².